The Morgan fingerprint density at radius 2 is 0.750 bits per heavy atom. The van der Waals surface area contributed by atoms with Gasteiger partial charge in [-0.3, -0.25) is 0 Å². The molecule has 0 spiro atoms. The molecule has 0 aliphatic heterocycles. The van der Waals surface area contributed by atoms with E-state index in [9.17, 15) is 0 Å². The quantitative estimate of drug-likeness (QED) is 0.413. The van der Waals surface area contributed by atoms with E-state index in [0.717, 1.165) is 0 Å². The fourth-order valence-electron chi connectivity index (χ4n) is 0. The minimum Gasteiger partial charge on any atom is -0.209 e. The summed E-state index contributed by atoms with van der Waals surface area (Å²) in [5, 5.41) is 11.0. The van der Waals surface area contributed by atoms with Crippen molar-refractivity contribution in [3.05, 3.63) is 0 Å². The predicted octanol–water partition coefficient (Wildman–Crippen LogP) is -0.274. The van der Waals surface area contributed by atoms with Crippen LogP contribution >= 0.6 is 0 Å². The van der Waals surface area contributed by atoms with Crippen molar-refractivity contribution in [3.63, 3.8) is 0 Å². The Labute approximate surface area is 21.1 Å². The molecule has 0 aromatic carbocycles. The molecule has 4 heteroatoms. The van der Waals surface area contributed by atoms with Gasteiger partial charge in [-0.1, -0.05) is 9.05 Å². The summed E-state index contributed by atoms with van der Waals surface area (Å²) in [5.41, 5.74) is 0. The molecule has 0 bridgehead atoms. The van der Waals surface area contributed by atoms with Gasteiger partial charge in [-0.2, -0.15) is 0 Å². The van der Waals surface area contributed by atoms with Gasteiger partial charge in [0.1, 0.15) is 0 Å². The third kappa shape index (κ3) is 22.4. The van der Waals surface area contributed by atoms with Gasteiger partial charge in [0, 0.05) is 0 Å². The van der Waals surface area contributed by atoms with Crippen LogP contribution in [0.3, 0.4) is 0 Å². The molecule has 0 heterocycles. The second-order valence-corrected chi connectivity index (χ2v) is 0. The first-order valence-electron chi connectivity index (χ1n) is 0.338. The fourth-order valence-corrected chi connectivity index (χ4v) is 0. The minimum atomic E-state index is 5.50. The van der Waals surface area contributed by atoms with Gasteiger partial charge in [-0.25, -0.2) is 10.6 Å². The SMILES string of the molecule is OF.OF. The number of rotatable bonds is 0. The minimum absolute atomic E-state index is 5.50. The first-order valence-corrected chi connectivity index (χ1v) is 0.338. The van der Waals surface area contributed by atoms with Crippen molar-refractivity contribution >= 4 is 0 Å². The Balaban J connectivity index is 0. The zero-order valence-corrected chi connectivity index (χ0v) is 1.65. The molecule has 0 aliphatic rings. The lowest BCUT2D eigenvalue weighted by Gasteiger charge is -1.13. The second kappa shape index (κ2) is 182. The molecule has 2 nitrogen and oxygen atoms in total. The van der Waals surface area contributed by atoms with Crippen molar-refractivity contribution in [2.75, 3.05) is 0 Å². The average Bonchev–Trinajstić information content (AvgIpc) is 1.50. The summed E-state index contributed by atoms with van der Waals surface area (Å²) in [7, 11) is 0. The molecule has 2 N–H and O–H groups in total. The number of hydrogen-bond donors (Lipinski definition) is 2. The molecule has 0 amide bonds. The third-order valence-corrected chi connectivity index (χ3v) is 0. The largest absolute Gasteiger partial charge is 0.209 e. The molecule has 4 heavy (non-hydrogen) atoms. The van der Waals surface area contributed by atoms with Crippen molar-refractivity contribution < 1.29 is 19.7 Å². The van der Waals surface area contributed by atoms with Crippen molar-refractivity contribution in [2.45, 2.75) is 0 Å². The Morgan fingerprint density at radius 1 is 0.750 bits per heavy atom. The van der Waals surface area contributed by atoms with Gasteiger partial charge in [-0.05, 0) is 0 Å². The first kappa shape index (κ1) is 9.22. The highest BCUT2D eigenvalue weighted by Gasteiger charge is 0.875. The molecule has 0 radical (unpaired) electrons. The van der Waals surface area contributed by atoms with E-state index in [1.165, 1.54) is 0 Å². The zero-order chi connectivity index (χ0) is 4.00. The lowest BCUT2D eigenvalue weighted by atomic mass is 15.7. The zero-order valence-electron chi connectivity index (χ0n) is 1.65. The normalized spacial score (nSPS) is 3.00. The van der Waals surface area contributed by atoms with E-state index < -0.39 is 0 Å². The molecule has 0 saturated carbocycles. The molecule has 0 rings (SSSR count). The van der Waals surface area contributed by atoms with E-state index in [-0.39, 0.29) is 0 Å². The molecule has 0 saturated heterocycles. The summed E-state index contributed by atoms with van der Waals surface area (Å²) in [6, 6.07) is 0. The highest BCUT2D eigenvalue weighted by atomic mass is 19.3. The Kier molecular flexibility index (Phi) is 419. The standard InChI is InChI=1S/2FHO/c2*1-2/h2*2H. The molecule has 0 fully saturated rings. The maximum atomic E-state index is 8.50. The predicted molar refractivity (Wildman–Crippen MR) is 6.65 cm³/mol. The topological polar surface area (TPSA) is 40.5 Å². The number of halogens is 2. The summed E-state index contributed by atoms with van der Waals surface area (Å²) in [4.78, 5) is 0. The second-order valence-electron chi connectivity index (χ2n) is 0. The van der Waals surface area contributed by atoms with Gasteiger partial charge < -0.3 is 0 Å². The van der Waals surface area contributed by atoms with E-state index in [2.05, 4.69) is 0 Å². The van der Waals surface area contributed by atoms with E-state index in [4.69, 9.17) is 19.7 Å². The van der Waals surface area contributed by atoms with Crippen molar-refractivity contribution in [3.8, 4) is 0 Å². The first-order chi connectivity index (χ1) is 2.00. The fraction of sp³-hybridized carbons (Fsp3) is 0. The lowest BCUT2D eigenvalue weighted by Crippen LogP contribution is -0.996. The Bertz CT molecular complexity index is 4.00. The maximum Gasteiger partial charge on any atom is -0.0519 e. The van der Waals surface area contributed by atoms with Gasteiger partial charge >= 0.3 is 0 Å². The molecule has 0 atom stereocenters. The van der Waals surface area contributed by atoms with Crippen molar-refractivity contribution in [1.29, 1.82) is 0 Å². The van der Waals surface area contributed by atoms with Crippen LogP contribution in [0.5, 0.6) is 0 Å². The van der Waals surface area contributed by atoms with E-state index in [1.54, 1.807) is 0 Å². The highest BCUT2D eigenvalue weighted by Crippen LogP contribution is 1.13. The van der Waals surface area contributed by atoms with Gasteiger partial charge in [0.05, 0.1) is 0 Å². The smallest absolute Gasteiger partial charge is 0.0519 e. The van der Waals surface area contributed by atoms with Crippen molar-refractivity contribution in [2.24, 2.45) is 0 Å². The van der Waals surface area contributed by atoms with Crippen LogP contribution in [-0.4, -0.2) is 10.6 Å². The van der Waals surface area contributed by atoms with E-state index in [1.807, 2.05) is 0 Å². The number of hydrogen-bond acceptors (Lipinski definition) is 2. The molecule has 0 aromatic rings. The summed E-state index contributed by atoms with van der Waals surface area (Å²) < 4.78 is 17.0. The van der Waals surface area contributed by atoms with Crippen LogP contribution in [0.15, 0.2) is 0 Å². The summed E-state index contributed by atoms with van der Waals surface area (Å²) >= 11 is 0. The van der Waals surface area contributed by atoms with Gasteiger partial charge in [0.15, 0.2) is 0 Å². The van der Waals surface area contributed by atoms with E-state index in [0.29, 0.717) is 0 Å². The monoisotopic (exact) mass is 72.0 g/mol. The molecule has 0 unspecified atom stereocenters. The molecular weight excluding hydrogens is 70.0 g/mol. The third-order valence-electron chi connectivity index (χ3n) is 0. The Hall–Kier alpha value is -0.220. The Morgan fingerprint density at radius 3 is 0.750 bits per heavy atom. The van der Waals surface area contributed by atoms with Crippen LogP contribution in [0.25, 0.3) is 0 Å². The molecule has 0 aromatic heterocycles. The maximum absolute atomic E-state index is 8.50. The summed E-state index contributed by atoms with van der Waals surface area (Å²) in [6.07, 6.45) is 0. The van der Waals surface area contributed by atoms with Gasteiger partial charge in [0.2, 0.25) is 0 Å². The molecular formula is H2F2O2. The van der Waals surface area contributed by atoms with Gasteiger partial charge in [-0.15, -0.1) is 0 Å². The van der Waals surface area contributed by atoms with Crippen LogP contribution in [0.1, 0.15) is 0 Å². The van der Waals surface area contributed by atoms with Crippen LogP contribution in [0.2, 0.25) is 0 Å². The van der Waals surface area contributed by atoms with Crippen LogP contribution < -0.4 is 0 Å². The summed E-state index contributed by atoms with van der Waals surface area (Å²) in [6.45, 7) is 0. The van der Waals surface area contributed by atoms with Crippen LogP contribution in [0.4, 0.5) is 9.05 Å². The summed E-state index contributed by atoms with van der Waals surface area (Å²) in [5.74, 6) is 0. The lowest BCUT2D eigenvalue weighted by molar-refractivity contribution is -0.0442. The van der Waals surface area contributed by atoms with E-state index >= 15 is 0 Å². The van der Waals surface area contributed by atoms with Crippen molar-refractivity contribution in [1.82, 2.24) is 0 Å². The molecule has 28 valence electrons. The van der Waals surface area contributed by atoms with Crippen LogP contribution in [0, 0.1) is 0 Å². The van der Waals surface area contributed by atoms with Crippen LogP contribution in [-0.2, 0) is 0 Å². The highest BCUT2D eigenvalue weighted by molar-refractivity contribution is 1.98. The van der Waals surface area contributed by atoms with Gasteiger partial charge in [0.25, 0.3) is 0 Å². The molecule has 0 aliphatic carbocycles. The average molecular weight is 72.0 g/mol.